The molecule has 0 N–H and O–H groups in total. The van der Waals surface area contributed by atoms with E-state index in [4.69, 9.17) is 0 Å². The van der Waals surface area contributed by atoms with Gasteiger partial charge in [-0.05, 0) is 310 Å². The predicted molar refractivity (Wildman–Crippen MR) is 558 cm³/mol. The molecule has 0 saturated heterocycles. The van der Waals surface area contributed by atoms with E-state index in [0.717, 1.165) is 67.9 Å². The lowest BCUT2D eigenvalue weighted by Crippen LogP contribution is -2.43. The van der Waals surface area contributed by atoms with E-state index in [-0.39, 0.29) is 0 Å². The van der Waals surface area contributed by atoms with Crippen molar-refractivity contribution in [3.05, 3.63) is 605 Å². The maximum Gasteiger partial charge on any atom is 0.0720 e. The van der Waals surface area contributed by atoms with Gasteiger partial charge in [0.2, 0.25) is 0 Å². The highest BCUT2D eigenvalue weighted by molar-refractivity contribution is 6.14. The number of hydrogen-bond donors (Lipinski definition) is 0. The zero-order valence-electron chi connectivity index (χ0n) is 73.9. The van der Waals surface area contributed by atoms with Crippen LogP contribution in [-0.4, -0.2) is 0 Å². The van der Waals surface area contributed by atoms with Crippen molar-refractivity contribution >= 4 is 72.7 Å². The van der Waals surface area contributed by atoms with Crippen LogP contribution in [0, 0.1) is 0 Å². The first-order chi connectivity index (χ1) is 67.0. The molecule has 0 fully saturated rings. The minimum Gasteiger partial charge on any atom is -0.310 e. The van der Waals surface area contributed by atoms with Crippen molar-refractivity contribution < 1.29 is 0 Å². The Morgan fingerprint density at radius 1 is 0.119 bits per heavy atom. The van der Waals surface area contributed by atoms with Crippen LogP contribution in [0.5, 0.6) is 0 Å². The number of para-hydroxylation sites is 4. The second kappa shape index (κ2) is 29.6. The Labute approximate surface area is 786 Å². The van der Waals surface area contributed by atoms with Crippen molar-refractivity contribution in [1.29, 1.82) is 0 Å². The highest BCUT2D eigenvalue weighted by Gasteiger charge is 2.62. The third kappa shape index (κ3) is 10.7. The fraction of sp³-hybridized carbons (Fsp3) is 0.0303. The van der Waals surface area contributed by atoms with E-state index >= 15 is 0 Å². The lowest BCUT2D eigenvalue weighted by atomic mass is 9.52. The quantitative estimate of drug-likeness (QED) is 0.113. The zero-order valence-corrected chi connectivity index (χ0v) is 73.9. The van der Waals surface area contributed by atoms with Crippen LogP contribution in [0.3, 0.4) is 0 Å². The van der Waals surface area contributed by atoms with Crippen LogP contribution < -0.4 is 14.7 Å². The number of benzene rings is 22. The molecule has 0 heterocycles. The monoisotopic (exact) mass is 1710 g/mol. The van der Waals surface area contributed by atoms with E-state index in [1.54, 1.807) is 0 Å². The minimum atomic E-state index is -0.723. The predicted octanol–water partition coefficient (Wildman–Crippen LogP) is 33.5. The molecule has 6 aliphatic carbocycles. The SMILES string of the molecule is c1ccc(N(c2ccc(-c3cc4ccccc4c4ccccc34)cc2)c2cccc(-c3ccc4c(c3)C3(c5ccccc5-4)c4ccccc4C4(c5ccccc5-c5c(-c6ccc(N(c7ccccc7)c7ccc8c(c7)-c7cc(N(c9ccccc9)c9ccccc9)ccc7C87c8ccccc8C8(c9ccccc9-c9ccccc98)c8ccccc87)cc6)cccc54)c4ccccc43)c2)cc1. The molecular formula is C132H85N3. The summed E-state index contributed by atoms with van der Waals surface area (Å²) < 4.78 is 0. The topological polar surface area (TPSA) is 9.72 Å². The summed E-state index contributed by atoms with van der Waals surface area (Å²) in [5, 5.41) is 5.02. The zero-order chi connectivity index (χ0) is 88.7. The van der Waals surface area contributed by atoms with Crippen LogP contribution in [0.1, 0.15) is 89.0 Å². The Balaban J connectivity index is 0.576. The molecule has 3 nitrogen and oxygen atoms in total. The van der Waals surface area contributed by atoms with Crippen LogP contribution in [0.4, 0.5) is 51.2 Å². The van der Waals surface area contributed by atoms with Crippen molar-refractivity contribution in [1.82, 2.24) is 0 Å². The molecule has 0 radical (unpaired) electrons. The summed E-state index contributed by atoms with van der Waals surface area (Å²) in [4.78, 5) is 7.30. The third-order valence-corrected chi connectivity index (χ3v) is 30.8. The third-order valence-electron chi connectivity index (χ3n) is 30.8. The summed E-state index contributed by atoms with van der Waals surface area (Å²) in [5.41, 5.74) is 44.8. The molecule has 0 aliphatic heterocycles. The number of fused-ring (bicyclic) bond motifs is 35. The Bertz CT molecular complexity index is 8450. The van der Waals surface area contributed by atoms with E-state index in [9.17, 15) is 0 Å². The van der Waals surface area contributed by atoms with Crippen LogP contribution in [0.2, 0.25) is 0 Å². The van der Waals surface area contributed by atoms with Crippen molar-refractivity contribution in [2.75, 3.05) is 14.7 Å². The number of nitrogens with zero attached hydrogens (tertiary/aromatic N) is 3. The normalized spacial score (nSPS) is 14.0. The summed E-state index contributed by atoms with van der Waals surface area (Å²) in [6.07, 6.45) is 0. The van der Waals surface area contributed by atoms with Crippen molar-refractivity contribution in [2.45, 2.75) is 21.7 Å². The molecule has 0 saturated carbocycles. The van der Waals surface area contributed by atoms with Gasteiger partial charge in [0.05, 0.1) is 21.7 Å². The fourth-order valence-electron chi connectivity index (χ4n) is 25.6. The largest absolute Gasteiger partial charge is 0.310 e. The Morgan fingerprint density at radius 3 is 0.837 bits per heavy atom. The second-order valence-corrected chi connectivity index (χ2v) is 37.0. The van der Waals surface area contributed by atoms with E-state index in [1.165, 1.54) is 172 Å². The van der Waals surface area contributed by atoms with Gasteiger partial charge < -0.3 is 14.7 Å². The fourth-order valence-corrected chi connectivity index (χ4v) is 25.6. The molecule has 22 aromatic rings. The molecular weight excluding hydrogens is 1630 g/mol. The van der Waals surface area contributed by atoms with Gasteiger partial charge in [-0.25, -0.2) is 0 Å². The average molecular weight is 1710 g/mol. The summed E-state index contributed by atoms with van der Waals surface area (Å²) in [6.45, 7) is 0. The van der Waals surface area contributed by atoms with Gasteiger partial charge in [0.1, 0.15) is 0 Å². The first-order valence-electron chi connectivity index (χ1n) is 47.2. The molecule has 3 heteroatoms. The molecule has 6 aliphatic rings. The molecule has 135 heavy (non-hydrogen) atoms. The van der Waals surface area contributed by atoms with Crippen molar-refractivity contribution in [3.8, 4) is 77.9 Å². The summed E-state index contributed by atoms with van der Waals surface area (Å²) in [6, 6.07) is 196. The van der Waals surface area contributed by atoms with Crippen LogP contribution in [-0.2, 0) is 21.7 Å². The lowest BCUT2D eigenvalue weighted by Gasteiger charge is -2.49. The molecule has 22 aromatic carbocycles. The standard InChI is InChI=1S/C132H85N3/c1-5-37-91(38-6-1)133(92-39-7-2-8-40-92)98-76-79-116-110(84-98)111-85-99(77-80-117(111)130(116)120-60-27-25-58-118(120)129(119-59-26-28-61-121(119)130)112-54-21-17-49-104(112)105-50-18-22-55-113(105)129)135(94-43-11-4-12-44-94)96-72-67-86(68-73-96)101-53-34-66-126-128(101)108-52-20-24-57-115(108)131(126)122-62-29-31-64-124(122)132(125-65-32-30-63-123(125)131)114-56-23-19-51-106(114)107-78-71-89(83-127(107)132)88-36-33-45-97(81-88)134(93-41-9-3-10-42-93)95-74-69-87(70-75-95)109-82-90-35-13-14-46-100(90)102-47-15-16-48-103(102)109/h1-85H. The van der Waals surface area contributed by atoms with Gasteiger partial charge in [0, 0.05) is 51.2 Å². The van der Waals surface area contributed by atoms with Gasteiger partial charge in [-0.3, -0.25) is 0 Å². The van der Waals surface area contributed by atoms with Gasteiger partial charge in [-0.15, -0.1) is 0 Å². The van der Waals surface area contributed by atoms with E-state index in [2.05, 4.69) is 530 Å². The Morgan fingerprint density at radius 2 is 0.393 bits per heavy atom. The second-order valence-electron chi connectivity index (χ2n) is 37.0. The number of hydrogen-bond acceptors (Lipinski definition) is 3. The van der Waals surface area contributed by atoms with Crippen LogP contribution in [0.25, 0.3) is 99.4 Å². The highest BCUT2D eigenvalue weighted by Crippen LogP contribution is 2.71. The van der Waals surface area contributed by atoms with Gasteiger partial charge >= 0.3 is 0 Å². The van der Waals surface area contributed by atoms with E-state index in [1.807, 2.05) is 0 Å². The molecule has 0 bridgehead atoms. The molecule has 0 aromatic heterocycles. The Kier molecular flexibility index (Phi) is 16.8. The van der Waals surface area contributed by atoms with E-state index in [0.29, 0.717) is 0 Å². The summed E-state index contributed by atoms with van der Waals surface area (Å²) in [5.74, 6) is 0. The minimum absolute atomic E-state index is 0.579. The van der Waals surface area contributed by atoms with Crippen molar-refractivity contribution in [2.24, 2.45) is 0 Å². The van der Waals surface area contributed by atoms with Gasteiger partial charge in [-0.2, -0.15) is 0 Å². The van der Waals surface area contributed by atoms with Crippen molar-refractivity contribution in [3.63, 3.8) is 0 Å². The molecule has 0 atom stereocenters. The molecule has 0 unspecified atom stereocenters. The Hall–Kier alpha value is -17.2. The summed E-state index contributed by atoms with van der Waals surface area (Å²) in [7, 11) is 0. The maximum absolute atomic E-state index is 2.55. The number of rotatable bonds is 12. The van der Waals surface area contributed by atoms with Gasteiger partial charge in [0.25, 0.3) is 0 Å². The highest BCUT2D eigenvalue weighted by atomic mass is 15.2. The van der Waals surface area contributed by atoms with Gasteiger partial charge in [0.15, 0.2) is 0 Å². The molecule has 28 rings (SSSR count). The molecule has 628 valence electrons. The molecule has 4 spiro atoms. The molecule has 0 amide bonds. The smallest absolute Gasteiger partial charge is 0.0720 e. The first-order valence-corrected chi connectivity index (χ1v) is 47.2. The van der Waals surface area contributed by atoms with E-state index < -0.39 is 21.7 Å². The number of anilines is 9. The maximum atomic E-state index is 2.55. The lowest BCUT2D eigenvalue weighted by molar-refractivity contribution is 0.633. The first kappa shape index (κ1) is 76.6. The summed E-state index contributed by atoms with van der Waals surface area (Å²) >= 11 is 0. The van der Waals surface area contributed by atoms with Crippen LogP contribution >= 0.6 is 0 Å². The average Bonchev–Trinajstić information content (AvgIpc) is 1.50. The van der Waals surface area contributed by atoms with Gasteiger partial charge in [-0.1, -0.05) is 394 Å². The van der Waals surface area contributed by atoms with Crippen LogP contribution in [0.15, 0.2) is 516 Å².